The highest BCUT2D eigenvalue weighted by molar-refractivity contribution is 5.83. The minimum atomic E-state index is -0.510. The predicted molar refractivity (Wildman–Crippen MR) is 92.1 cm³/mol. The molecule has 132 valence electrons. The highest BCUT2D eigenvalue weighted by atomic mass is 16.6. The molecule has 0 bridgehead atoms. The molecular weight excluding hydrogens is 292 g/mol. The number of allylic oxidation sites excluding steroid dienone is 2. The summed E-state index contributed by atoms with van der Waals surface area (Å²) in [4.78, 5) is 25.6. The number of nitrogens with one attached hydrogen (secondary N) is 1. The van der Waals surface area contributed by atoms with Crippen molar-refractivity contribution in [1.82, 2.24) is 10.2 Å². The monoisotopic (exact) mass is 324 g/mol. The lowest BCUT2D eigenvalue weighted by Crippen LogP contribution is -2.39. The molecule has 0 aliphatic heterocycles. The van der Waals surface area contributed by atoms with Crippen LogP contribution in [0.5, 0.6) is 0 Å². The van der Waals surface area contributed by atoms with Crippen LogP contribution in [-0.4, -0.2) is 42.6 Å². The summed E-state index contributed by atoms with van der Waals surface area (Å²) in [5.74, 6) is 0.385. The number of amides is 2. The second-order valence-electron chi connectivity index (χ2n) is 8.26. The third-order valence-corrected chi connectivity index (χ3v) is 4.16. The molecule has 2 amide bonds. The van der Waals surface area contributed by atoms with Gasteiger partial charge < -0.3 is 15.0 Å². The van der Waals surface area contributed by atoms with Crippen LogP contribution >= 0.6 is 0 Å². The number of ether oxygens (including phenoxy) is 1. The molecule has 0 radical (unpaired) electrons. The van der Waals surface area contributed by atoms with Crippen molar-refractivity contribution in [2.45, 2.75) is 54.1 Å². The fourth-order valence-corrected chi connectivity index (χ4v) is 2.74. The van der Waals surface area contributed by atoms with Gasteiger partial charge in [-0.1, -0.05) is 25.5 Å². The number of hydrogen-bond acceptors (Lipinski definition) is 3. The van der Waals surface area contributed by atoms with Crippen LogP contribution in [0.2, 0.25) is 0 Å². The Hall–Kier alpha value is -1.52. The summed E-state index contributed by atoms with van der Waals surface area (Å²) in [5, 5.41) is 2.93. The molecule has 0 spiro atoms. The van der Waals surface area contributed by atoms with Gasteiger partial charge in [-0.3, -0.25) is 4.79 Å². The van der Waals surface area contributed by atoms with Crippen LogP contribution in [-0.2, 0) is 9.53 Å². The average molecular weight is 324 g/mol. The molecule has 0 aromatic rings. The first-order valence-corrected chi connectivity index (χ1v) is 8.23. The summed E-state index contributed by atoms with van der Waals surface area (Å²) in [6, 6.07) is 0. The molecule has 0 unspecified atom stereocenters. The van der Waals surface area contributed by atoms with Gasteiger partial charge in [-0.05, 0) is 46.0 Å². The van der Waals surface area contributed by atoms with Crippen LogP contribution in [0, 0.1) is 17.3 Å². The van der Waals surface area contributed by atoms with E-state index in [1.54, 1.807) is 7.05 Å². The standard InChI is InChI=1S/C18H32N2O3/c1-12(2)11-13-14(18(13,6)7)15(21)19-9-10-20(8)16(22)23-17(3,4)5/h11,13-14H,9-10H2,1-8H3,(H,19,21)/t13-,14-/m0/s1. The Morgan fingerprint density at radius 3 is 2.30 bits per heavy atom. The van der Waals surface area contributed by atoms with Crippen molar-refractivity contribution in [2.24, 2.45) is 17.3 Å². The van der Waals surface area contributed by atoms with Crippen molar-refractivity contribution >= 4 is 12.0 Å². The largest absolute Gasteiger partial charge is 0.444 e. The topological polar surface area (TPSA) is 58.6 Å². The van der Waals surface area contributed by atoms with Gasteiger partial charge in [0.2, 0.25) is 5.91 Å². The summed E-state index contributed by atoms with van der Waals surface area (Å²) in [5.41, 5.74) is 0.742. The molecular formula is C18H32N2O3. The first-order chi connectivity index (χ1) is 10.4. The molecule has 2 atom stereocenters. The minimum Gasteiger partial charge on any atom is -0.444 e. The van der Waals surface area contributed by atoms with Crippen molar-refractivity contribution in [1.29, 1.82) is 0 Å². The lowest BCUT2D eigenvalue weighted by molar-refractivity contribution is -0.123. The summed E-state index contributed by atoms with van der Waals surface area (Å²) in [6.45, 7) is 14.7. The summed E-state index contributed by atoms with van der Waals surface area (Å²) in [6.07, 6.45) is 1.80. The Labute approximate surface area is 140 Å². The fourth-order valence-electron chi connectivity index (χ4n) is 2.74. The number of likely N-dealkylation sites (N-methyl/N-ethyl adjacent to an activating group) is 1. The smallest absolute Gasteiger partial charge is 0.410 e. The van der Waals surface area contributed by atoms with E-state index < -0.39 is 5.60 Å². The normalized spacial score (nSPS) is 22.1. The van der Waals surface area contributed by atoms with Gasteiger partial charge in [0.1, 0.15) is 5.60 Å². The van der Waals surface area contributed by atoms with Crippen LogP contribution in [0.4, 0.5) is 4.79 Å². The van der Waals surface area contributed by atoms with E-state index in [2.05, 4.69) is 39.1 Å². The number of carbonyl (C=O) groups excluding carboxylic acids is 2. The van der Waals surface area contributed by atoms with Crippen LogP contribution < -0.4 is 5.32 Å². The summed E-state index contributed by atoms with van der Waals surface area (Å²) in [7, 11) is 1.67. The Morgan fingerprint density at radius 2 is 1.83 bits per heavy atom. The highest BCUT2D eigenvalue weighted by Gasteiger charge is 2.60. The summed E-state index contributed by atoms with van der Waals surface area (Å²) < 4.78 is 5.28. The molecule has 1 aliphatic rings. The maximum absolute atomic E-state index is 12.3. The van der Waals surface area contributed by atoms with Crippen molar-refractivity contribution in [3.05, 3.63) is 11.6 Å². The Morgan fingerprint density at radius 1 is 1.26 bits per heavy atom. The molecule has 5 nitrogen and oxygen atoms in total. The quantitative estimate of drug-likeness (QED) is 0.790. The molecule has 23 heavy (non-hydrogen) atoms. The van der Waals surface area contributed by atoms with Gasteiger partial charge >= 0.3 is 6.09 Å². The molecule has 0 heterocycles. The maximum Gasteiger partial charge on any atom is 0.410 e. The van der Waals surface area contributed by atoms with E-state index >= 15 is 0 Å². The Bertz CT molecular complexity index is 485. The molecule has 1 N–H and O–H groups in total. The second kappa shape index (κ2) is 6.93. The van der Waals surface area contributed by atoms with Crippen molar-refractivity contribution in [2.75, 3.05) is 20.1 Å². The van der Waals surface area contributed by atoms with Crippen LogP contribution in [0.25, 0.3) is 0 Å². The molecule has 0 aromatic heterocycles. The van der Waals surface area contributed by atoms with E-state index in [1.807, 2.05) is 20.8 Å². The number of rotatable bonds is 5. The van der Waals surface area contributed by atoms with E-state index in [9.17, 15) is 9.59 Å². The zero-order valence-electron chi connectivity index (χ0n) is 15.8. The summed E-state index contributed by atoms with van der Waals surface area (Å²) >= 11 is 0. The zero-order valence-corrected chi connectivity index (χ0v) is 15.8. The highest BCUT2D eigenvalue weighted by Crippen LogP contribution is 2.59. The molecule has 0 saturated heterocycles. The van der Waals surface area contributed by atoms with E-state index in [0.717, 1.165) is 0 Å². The van der Waals surface area contributed by atoms with Crippen molar-refractivity contribution in [3.8, 4) is 0 Å². The zero-order chi connectivity index (χ0) is 18.0. The fraction of sp³-hybridized carbons (Fsp3) is 0.778. The van der Waals surface area contributed by atoms with E-state index in [1.165, 1.54) is 10.5 Å². The van der Waals surface area contributed by atoms with Gasteiger partial charge in [0, 0.05) is 20.1 Å². The lowest BCUT2D eigenvalue weighted by atomic mass is 10.1. The maximum atomic E-state index is 12.3. The third-order valence-electron chi connectivity index (χ3n) is 4.16. The van der Waals surface area contributed by atoms with Crippen LogP contribution in [0.1, 0.15) is 48.5 Å². The Balaban J connectivity index is 2.41. The molecule has 5 heteroatoms. The third kappa shape index (κ3) is 5.56. The van der Waals surface area contributed by atoms with Gasteiger partial charge in [0.25, 0.3) is 0 Å². The van der Waals surface area contributed by atoms with E-state index in [0.29, 0.717) is 19.0 Å². The van der Waals surface area contributed by atoms with E-state index in [4.69, 9.17) is 4.74 Å². The van der Waals surface area contributed by atoms with E-state index in [-0.39, 0.29) is 23.3 Å². The van der Waals surface area contributed by atoms with Gasteiger partial charge in [-0.15, -0.1) is 0 Å². The molecule has 1 rings (SSSR count). The number of nitrogens with zero attached hydrogens (tertiary/aromatic N) is 1. The molecule has 1 fully saturated rings. The molecule has 1 aliphatic carbocycles. The molecule has 1 saturated carbocycles. The SMILES string of the molecule is CC(C)=C[C@H]1[C@@H](C(=O)NCCN(C)C(=O)OC(C)(C)C)C1(C)C. The Kier molecular flexibility index (Phi) is 5.89. The van der Waals surface area contributed by atoms with Gasteiger partial charge in [0.05, 0.1) is 5.92 Å². The number of carbonyl (C=O) groups is 2. The average Bonchev–Trinajstić information content (AvgIpc) is 2.87. The van der Waals surface area contributed by atoms with Crippen LogP contribution in [0.3, 0.4) is 0 Å². The number of hydrogen-bond donors (Lipinski definition) is 1. The van der Waals surface area contributed by atoms with Gasteiger partial charge in [-0.25, -0.2) is 4.79 Å². The first kappa shape index (κ1) is 19.5. The first-order valence-electron chi connectivity index (χ1n) is 8.23. The van der Waals surface area contributed by atoms with Crippen molar-refractivity contribution < 1.29 is 14.3 Å². The lowest BCUT2D eigenvalue weighted by Gasteiger charge is -2.24. The van der Waals surface area contributed by atoms with Crippen molar-refractivity contribution in [3.63, 3.8) is 0 Å². The molecule has 0 aromatic carbocycles. The minimum absolute atomic E-state index is 0.0123. The predicted octanol–water partition coefficient (Wildman–Crippen LogP) is 3.21. The second-order valence-corrected chi connectivity index (χ2v) is 8.26. The van der Waals surface area contributed by atoms with Gasteiger partial charge in [-0.2, -0.15) is 0 Å². The van der Waals surface area contributed by atoms with Gasteiger partial charge in [0.15, 0.2) is 0 Å². The van der Waals surface area contributed by atoms with Crippen LogP contribution in [0.15, 0.2) is 11.6 Å².